The number of nitrogens with zero attached hydrogens (tertiary/aromatic N) is 3. The van der Waals surface area contributed by atoms with Gasteiger partial charge in [-0.15, -0.1) is 0 Å². The van der Waals surface area contributed by atoms with Crippen molar-refractivity contribution >= 4 is 5.69 Å². The normalized spacial score (nSPS) is 24.6. The number of ether oxygens (including phenoxy) is 1. The number of aromatic nitrogens is 1. The van der Waals surface area contributed by atoms with Crippen molar-refractivity contribution < 1.29 is 9.13 Å². The van der Waals surface area contributed by atoms with Crippen molar-refractivity contribution in [2.24, 2.45) is 0 Å². The lowest BCUT2D eigenvalue weighted by Gasteiger charge is -2.48. The Labute approximate surface area is 148 Å². The van der Waals surface area contributed by atoms with E-state index in [2.05, 4.69) is 20.9 Å². The van der Waals surface area contributed by atoms with Crippen LogP contribution in [0.15, 0.2) is 48.7 Å². The first-order chi connectivity index (χ1) is 12.2. The molecule has 1 unspecified atom stereocenters. The van der Waals surface area contributed by atoms with Gasteiger partial charge in [0.2, 0.25) is 0 Å². The van der Waals surface area contributed by atoms with Gasteiger partial charge in [0.1, 0.15) is 5.82 Å². The van der Waals surface area contributed by atoms with Gasteiger partial charge in [0.05, 0.1) is 17.9 Å². The fourth-order valence-corrected chi connectivity index (χ4v) is 4.02. The first-order valence-electron chi connectivity index (χ1n) is 8.99. The molecule has 0 saturated carbocycles. The monoisotopic (exact) mass is 341 g/mol. The maximum atomic E-state index is 13.6. The van der Waals surface area contributed by atoms with Crippen LogP contribution in [0.5, 0.6) is 0 Å². The minimum atomic E-state index is -0.182. The summed E-state index contributed by atoms with van der Waals surface area (Å²) in [4.78, 5) is 9.14. The third-order valence-electron chi connectivity index (χ3n) is 5.15. The van der Waals surface area contributed by atoms with Crippen molar-refractivity contribution in [1.29, 1.82) is 0 Å². The van der Waals surface area contributed by atoms with Crippen LogP contribution >= 0.6 is 0 Å². The highest BCUT2D eigenvalue weighted by molar-refractivity contribution is 5.47. The highest BCUT2D eigenvalue weighted by Crippen LogP contribution is 2.32. The fraction of sp³-hybridized carbons (Fsp3) is 0.450. The maximum Gasteiger partial charge on any atom is 0.125 e. The highest BCUT2D eigenvalue weighted by atomic mass is 19.1. The van der Waals surface area contributed by atoms with Gasteiger partial charge < -0.3 is 9.64 Å². The molecule has 4 nitrogen and oxygen atoms in total. The Bertz CT molecular complexity index is 707. The fourth-order valence-electron chi connectivity index (χ4n) is 4.02. The number of halogens is 1. The van der Waals surface area contributed by atoms with E-state index in [1.165, 1.54) is 6.07 Å². The third kappa shape index (κ3) is 3.83. The lowest BCUT2D eigenvalue weighted by Crippen LogP contribution is -2.59. The largest absolute Gasteiger partial charge is 0.370 e. The van der Waals surface area contributed by atoms with Crippen LogP contribution in [0, 0.1) is 5.82 Å². The van der Waals surface area contributed by atoms with Crippen molar-refractivity contribution in [3.05, 3.63) is 60.2 Å². The minimum Gasteiger partial charge on any atom is -0.370 e. The molecule has 4 rings (SSSR count). The summed E-state index contributed by atoms with van der Waals surface area (Å²) in [6, 6.07) is 12.9. The smallest absolute Gasteiger partial charge is 0.125 e. The molecule has 5 heteroatoms. The summed E-state index contributed by atoms with van der Waals surface area (Å²) in [5.41, 5.74) is 1.87. The molecule has 25 heavy (non-hydrogen) atoms. The van der Waals surface area contributed by atoms with Gasteiger partial charge in [-0.2, -0.15) is 0 Å². The Balaban J connectivity index is 1.46. The standard InChI is InChI=1S/C20H24FN3O/c21-17-5-3-7-19(13-17)24-10-4-8-20(16-24)15-23(11-12-25-20)14-18-6-1-2-9-22-18/h1-3,5-7,9,13H,4,8,10-12,14-16H2. The van der Waals surface area contributed by atoms with E-state index in [0.717, 1.165) is 63.6 Å². The topological polar surface area (TPSA) is 28.6 Å². The van der Waals surface area contributed by atoms with E-state index in [4.69, 9.17) is 4.74 Å². The van der Waals surface area contributed by atoms with Crippen molar-refractivity contribution in [3.8, 4) is 0 Å². The molecular weight excluding hydrogens is 317 g/mol. The highest BCUT2D eigenvalue weighted by Gasteiger charge is 2.40. The molecule has 0 amide bonds. The zero-order chi connectivity index (χ0) is 17.1. The van der Waals surface area contributed by atoms with Crippen molar-refractivity contribution in [2.75, 3.05) is 37.7 Å². The molecule has 0 N–H and O–H groups in total. The van der Waals surface area contributed by atoms with Crippen molar-refractivity contribution in [1.82, 2.24) is 9.88 Å². The zero-order valence-electron chi connectivity index (χ0n) is 14.4. The van der Waals surface area contributed by atoms with Crippen LogP contribution < -0.4 is 4.90 Å². The SMILES string of the molecule is Fc1cccc(N2CCCC3(CN(Cc4ccccn4)CCO3)C2)c1. The number of rotatable bonds is 3. The lowest BCUT2D eigenvalue weighted by molar-refractivity contribution is -0.116. The molecule has 0 bridgehead atoms. The van der Waals surface area contributed by atoms with Crippen LogP contribution in [0.25, 0.3) is 0 Å². The number of piperidine rings is 1. The molecule has 2 fully saturated rings. The van der Waals surface area contributed by atoms with E-state index in [9.17, 15) is 4.39 Å². The molecule has 2 aliphatic heterocycles. The number of morpholine rings is 1. The molecule has 0 radical (unpaired) electrons. The Morgan fingerprint density at radius 3 is 2.92 bits per heavy atom. The van der Waals surface area contributed by atoms with Gasteiger partial charge in [-0.05, 0) is 43.2 Å². The maximum absolute atomic E-state index is 13.6. The number of anilines is 1. The van der Waals surface area contributed by atoms with Crippen LogP contribution in [0.4, 0.5) is 10.1 Å². The van der Waals surface area contributed by atoms with Gasteiger partial charge in [-0.3, -0.25) is 9.88 Å². The molecule has 0 aliphatic carbocycles. The first-order valence-corrected chi connectivity index (χ1v) is 8.99. The molecule has 2 aromatic rings. The summed E-state index contributed by atoms with van der Waals surface area (Å²) < 4.78 is 19.8. The lowest BCUT2D eigenvalue weighted by atomic mass is 9.90. The van der Waals surface area contributed by atoms with Gasteiger partial charge in [0.15, 0.2) is 0 Å². The molecule has 2 aliphatic rings. The quantitative estimate of drug-likeness (QED) is 0.858. The second kappa shape index (κ2) is 7.10. The average molecular weight is 341 g/mol. The van der Waals surface area contributed by atoms with Crippen LogP contribution in [-0.4, -0.2) is 48.3 Å². The summed E-state index contributed by atoms with van der Waals surface area (Å²) >= 11 is 0. The first kappa shape index (κ1) is 16.5. The van der Waals surface area contributed by atoms with E-state index < -0.39 is 0 Å². The van der Waals surface area contributed by atoms with Gasteiger partial charge in [0, 0.05) is 44.6 Å². The van der Waals surface area contributed by atoms with E-state index in [0.29, 0.717) is 0 Å². The van der Waals surface area contributed by atoms with E-state index in [-0.39, 0.29) is 11.4 Å². The van der Waals surface area contributed by atoms with Crippen molar-refractivity contribution in [2.45, 2.75) is 25.0 Å². The van der Waals surface area contributed by atoms with Gasteiger partial charge in [-0.1, -0.05) is 12.1 Å². The van der Waals surface area contributed by atoms with E-state index in [1.54, 1.807) is 12.1 Å². The van der Waals surface area contributed by atoms with Crippen LogP contribution in [0.2, 0.25) is 0 Å². The molecule has 1 spiro atoms. The number of hydrogen-bond acceptors (Lipinski definition) is 4. The van der Waals surface area contributed by atoms with Gasteiger partial charge in [-0.25, -0.2) is 4.39 Å². The van der Waals surface area contributed by atoms with Crippen LogP contribution in [0.1, 0.15) is 18.5 Å². The summed E-state index contributed by atoms with van der Waals surface area (Å²) in [7, 11) is 0. The molecular formula is C20H24FN3O. The number of benzene rings is 1. The summed E-state index contributed by atoms with van der Waals surface area (Å²) in [5.74, 6) is -0.182. The molecule has 2 saturated heterocycles. The van der Waals surface area contributed by atoms with Crippen molar-refractivity contribution in [3.63, 3.8) is 0 Å². The Hall–Kier alpha value is -1.98. The van der Waals surface area contributed by atoms with E-state index >= 15 is 0 Å². The molecule has 3 heterocycles. The van der Waals surface area contributed by atoms with Gasteiger partial charge in [0.25, 0.3) is 0 Å². The summed E-state index contributed by atoms with van der Waals surface area (Å²) in [6.07, 6.45) is 3.96. The third-order valence-corrected chi connectivity index (χ3v) is 5.15. The molecule has 1 aromatic carbocycles. The summed E-state index contributed by atoms with van der Waals surface area (Å²) in [5, 5.41) is 0. The second-order valence-corrected chi connectivity index (χ2v) is 7.07. The van der Waals surface area contributed by atoms with Crippen LogP contribution in [-0.2, 0) is 11.3 Å². The number of hydrogen-bond donors (Lipinski definition) is 0. The Morgan fingerprint density at radius 2 is 2.08 bits per heavy atom. The second-order valence-electron chi connectivity index (χ2n) is 7.07. The predicted octanol–water partition coefficient (Wildman–Crippen LogP) is 3.09. The Kier molecular flexibility index (Phi) is 4.68. The molecule has 1 aromatic heterocycles. The molecule has 132 valence electrons. The van der Waals surface area contributed by atoms with Crippen LogP contribution in [0.3, 0.4) is 0 Å². The Morgan fingerprint density at radius 1 is 1.12 bits per heavy atom. The minimum absolute atomic E-state index is 0.169. The predicted molar refractivity (Wildman–Crippen MR) is 96.0 cm³/mol. The van der Waals surface area contributed by atoms with E-state index in [1.807, 2.05) is 24.4 Å². The zero-order valence-corrected chi connectivity index (χ0v) is 14.4. The summed E-state index contributed by atoms with van der Waals surface area (Å²) in [6.45, 7) is 5.19. The molecule has 1 atom stereocenters. The number of pyridine rings is 1. The van der Waals surface area contributed by atoms with Gasteiger partial charge >= 0.3 is 0 Å². The average Bonchev–Trinajstić information content (AvgIpc) is 2.63.